The van der Waals surface area contributed by atoms with E-state index >= 15 is 0 Å². The second-order valence-electron chi connectivity index (χ2n) is 6.23. The van der Waals surface area contributed by atoms with E-state index in [2.05, 4.69) is 5.32 Å². The summed E-state index contributed by atoms with van der Waals surface area (Å²) >= 11 is 0. The van der Waals surface area contributed by atoms with Crippen molar-refractivity contribution in [3.8, 4) is 0 Å². The van der Waals surface area contributed by atoms with Crippen LogP contribution in [0.2, 0.25) is 0 Å². The third-order valence-electron chi connectivity index (χ3n) is 3.81. The van der Waals surface area contributed by atoms with E-state index in [4.69, 9.17) is 9.47 Å². The normalized spacial score (nSPS) is 10.3. The number of nitrogens with one attached hydrogen (secondary N) is 1. The van der Waals surface area contributed by atoms with Crippen molar-refractivity contribution < 1.29 is 28.8 Å². The number of anilines is 1. The Hall–Kier alpha value is -3.75. The fourth-order valence-electron chi connectivity index (χ4n) is 2.55. The highest BCUT2D eigenvalue weighted by Crippen LogP contribution is 2.27. The molecule has 0 unspecified atom stereocenters. The molecule has 0 atom stereocenters. The molecule has 0 fully saturated rings. The van der Waals surface area contributed by atoms with Gasteiger partial charge in [-0.05, 0) is 32.0 Å². The lowest BCUT2D eigenvalue weighted by molar-refractivity contribution is -0.384. The number of benzene rings is 2. The molecule has 152 valence electrons. The molecule has 0 radical (unpaired) electrons. The average molecular weight is 400 g/mol. The second-order valence-corrected chi connectivity index (χ2v) is 6.23. The number of ether oxygens (including phenoxy) is 2. The molecule has 9 nitrogen and oxygen atoms in total. The van der Waals surface area contributed by atoms with Gasteiger partial charge in [0.2, 0.25) is 0 Å². The van der Waals surface area contributed by atoms with Crippen molar-refractivity contribution in [1.29, 1.82) is 0 Å². The maximum absolute atomic E-state index is 12.9. The summed E-state index contributed by atoms with van der Waals surface area (Å²) in [6.07, 6.45) is -0.355. The quantitative estimate of drug-likeness (QED) is 0.310. The van der Waals surface area contributed by atoms with E-state index in [1.54, 1.807) is 19.9 Å². The lowest BCUT2D eigenvalue weighted by Gasteiger charge is -2.11. The second kappa shape index (κ2) is 9.45. The Morgan fingerprint density at radius 2 is 1.76 bits per heavy atom. The third kappa shape index (κ3) is 5.38. The minimum Gasteiger partial charge on any atom is -0.460 e. The highest BCUT2D eigenvalue weighted by atomic mass is 16.6. The summed E-state index contributed by atoms with van der Waals surface area (Å²) in [4.78, 5) is 47.4. The molecule has 2 aromatic carbocycles. The van der Waals surface area contributed by atoms with Gasteiger partial charge in [-0.1, -0.05) is 18.2 Å². The summed E-state index contributed by atoms with van der Waals surface area (Å²) in [6.45, 7) is 2.72. The molecule has 1 N–H and O–H groups in total. The fourth-order valence-corrected chi connectivity index (χ4v) is 2.55. The smallest absolute Gasteiger partial charge is 0.344 e. The fraction of sp³-hybridized carbons (Fsp3) is 0.250. The van der Waals surface area contributed by atoms with E-state index in [1.807, 2.05) is 0 Å². The van der Waals surface area contributed by atoms with Crippen molar-refractivity contribution in [2.24, 2.45) is 0 Å². The van der Waals surface area contributed by atoms with Crippen molar-refractivity contribution in [3.05, 3.63) is 69.3 Å². The summed E-state index contributed by atoms with van der Waals surface area (Å²) < 4.78 is 9.82. The topological polar surface area (TPSA) is 125 Å². The number of hydrogen-bond acceptors (Lipinski definition) is 8. The van der Waals surface area contributed by atoms with Gasteiger partial charge in [0.1, 0.15) is 5.69 Å². The van der Waals surface area contributed by atoms with Crippen LogP contribution in [0.4, 0.5) is 11.4 Å². The first-order valence-corrected chi connectivity index (χ1v) is 8.71. The van der Waals surface area contributed by atoms with Crippen LogP contribution >= 0.6 is 0 Å². The number of ketones is 1. The van der Waals surface area contributed by atoms with Gasteiger partial charge < -0.3 is 14.8 Å². The molecule has 0 aliphatic heterocycles. The summed E-state index contributed by atoms with van der Waals surface area (Å²) in [5.41, 5.74) is -0.0376. The summed E-state index contributed by atoms with van der Waals surface area (Å²) in [5.74, 6) is -2.18. The largest absolute Gasteiger partial charge is 0.460 e. The van der Waals surface area contributed by atoms with Gasteiger partial charge in [0.05, 0.1) is 16.6 Å². The number of esters is 2. The van der Waals surface area contributed by atoms with Crippen molar-refractivity contribution >= 4 is 29.1 Å². The molecule has 0 spiro atoms. The maximum Gasteiger partial charge on any atom is 0.344 e. The first-order chi connectivity index (χ1) is 13.7. The SMILES string of the molecule is CNc1ccc(C(=O)c2ccccc2C(=O)OCC(=O)OC(C)C)cc1[N+](=O)[O-]. The van der Waals surface area contributed by atoms with Gasteiger partial charge in [0, 0.05) is 24.2 Å². The van der Waals surface area contributed by atoms with E-state index in [0.717, 1.165) is 6.07 Å². The molecular formula is C20H20N2O7. The van der Waals surface area contributed by atoms with Crippen LogP contribution in [0.25, 0.3) is 0 Å². The Labute approximate surface area is 166 Å². The predicted octanol–water partition coefficient (Wildman–Crippen LogP) is 2.98. The number of rotatable bonds is 8. The monoisotopic (exact) mass is 400 g/mol. The number of nitro groups is 1. The minimum atomic E-state index is -0.879. The molecule has 9 heteroatoms. The average Bonchev–Trinajstić information content (AvgIpc) is 2.70. The Morgan fingerprint density at radius 3 is 2.34 bits per heavy atom. The molecule has 2 rings (SSSR count). The van der Waals surface area contributed by atoms with Gasteiger partial charge in [-0.25, -0.2) is 9.59 Å². The number of carbonyl (C=O) groups excluding carboxylic acids is 3. The van der Waals surface area contributed by atoms with E-state index in [1.165, 1.54) is 37.4 Å². The molecule has 0 heterocycles. The Balaban J connectivity index is 2.29. The van der Waals surface area contributed by atoms with Gasteiger partial charge >= 0.3 is 11.9 Å². The van der Waals surface area contributed by atoms with Crippen molar-refractivity contribution in [2.45, 2.75) is 20.0 Å². The Morgan fingerprint density at radius 1 is 1.10 bits per heavy atom. The Kier molecular flexibility index (Phi) is 7.02. The highest BCUT2D eigenvalue weighted by Gasteiger charge is 2.23. The lowest BCUT2D eigenvalue weighted by atomic mass is 9.97. The molecule has 0 amide bonds. The van der Waals surface area contributed by atoms with Crippen molar-refractivity contribution in [2.75, 3.05) is 19.0 Å². The maximum atomic E-state index is 12.9. The lowest BCUT2D eigenvalue weighted by Crippen LogP contribution is -2.20. The first-order valence-electron chi connectivity index (χ1n) is 8.71. The van der Waals surface area contributed by atoms with Crippen molar-refractivity contribution in [1.82, 2.24) is 0 Å². The van der Waals surface area contributed by atoms with Crippen molar-refractivity contribution in [3.63, 3.8) is 0 Å². The van der Waals surface area contributed by atoms with Crippen LogP contribution < -0.4 is 5.32 Å². The zero-order valence-electron chi connectivity index (χ0n) is 16.1. The zero-order valence-corrected chi connectivity index (χ0v) is 16.1. The zero-order chi connectivity index (χ0) is 21.6. The summed E-state index contributed by atoms with van der Waals surface area (Å²) in [5, 5.41) is 13.9. The van der Waals surface area contributed by atoms with Gasteiger partial charge in [-0.15, -0.1) is 0 Å². The highest BCUT2D eigenvalue weighted by molar-refractivity contribution is 6.15. The van der Waals surface area contributed by atoms with E-state index in [9.17, 15) is 24.5 Å². The van der Waals surface area contributed by atoms with Crippen LogP contribution in [0.1, 0.15) is 40.1 Å². The van der Waals surface area contributed by atoms with E-state index in [-0.39, 0.29) is 34.2 Å². The molecule has 0 saturated heterocycles. The van der Waals surface area contributed by atoms with Crippen LogP contribution in [0, 0.1) is 10.1 Å². The van der Waals surface area contributed by atoms with Crippen LogP contribution in [0.15, 0.2) is 42.5 Å². The van der Waals surface area contributed by atoms with E-state index < -0.39 is 29.3 Å². The molecule has 0 saturated carbocycles. The standard InChI is InChI=1S/C20H20N2O7/c1-12(2)29-18(23)11-28-20(25)15-7-5-4-6-14(15)19(24)13-8-9-16(21-3)17(10-13)22(26)27/h4-10,12,21H,11H2,1-3H3. The van der Waals surface area contributed by atoms with Crippen LogP contribution in [0.3, 0.4) is 0 Å². The van der Waals surface area contributed by atoms with Gasteiger partial charge in [0.25, 0.3) is 5.69 Å². The van der Waals surface area contributed by atoms with Crippen LogP contribution in [-0.2, 0) is 14.3 Å². The number of hydrogen-bond donors (Lipinski definition) is 1. The number of nitro benzene ring substituents is 1. The van der Waals surface area contributed by atoms with E-state index in [0.29, 0.717) is 0 Å². The van der Waals surface area contributed by atoms with Gasteiger partial charge in [-0.3, -0.25) is 14.9 Å². The summed E-state index contributed by atoms with van der Waals surface area (Å²) in [6, 6.07) is 9.83. The first kappa shape index (κ1) is 21.5. The molecule has 0 aromatic heterocycles. The third-order valence-corrected chi connectivity index (χ3v) is 3.81. The molecule has 0 aliphatic rings. The molecule has 0 aliphatic carbocycles. The molecule has 29 heavy (non-hydrogen) atoms. The Bertz CT molecular complexity index is 954. The number of nitrogens with zero attached hydrogens (tertiary/aromatic N) is 1. The number of carbonyl (C=O) groups is 3. The predicted molar refractivity (Wildman–Crippen MR) is 104 cm³/mol. The summed E-state index contributed by atoms with van der Waals surface area (Å²) in [7, 11) is 1.53. The minimum absolute atomic E-state index is 0.00114. The molecular weight excluding hydrogens is 380 g/mol. The van der Waals surface area contributed by atoms with Gasteiger partial charge in [0.15, 0.2) is 12.4 Å². The van der Waals surface area contributed by atoms with Crippen LogP contribution in [0.5, 0.6) is 0 Å². The molecule has 2 aromatic rings. The van der Waals surface area contributed by atoms with Crippen LogP contribution in [-0.4, -0.2) is 42.4 Å². The van der Waals surface area contributed by atoms with Gasteiger partial charge in [-0.2, -0.15) is 0 Å². The molecule has 0 bridgehead atoms.